The van der Waals surface area contributed by atoms with Crippen molar-refractivity contribution >= 4 is 16.9 Å². The predicted octanol–water partition coefficient (Wildman–Crippen LogP) is 3.41. The number of anilines is 1. The highest BCUT2D eigenvalue weighted by Crippen LogP contribution is 2.22. The van der Waals surface area contributed by atoms with Crippen LogP contribution in [0.2, 0.25) is 0 Å². The first kappa shape index (κ1) is 14.7. The SMILES string of the molecule is COCCC(C)(C)CNc1nc2ccccc2nc1C. The molecule has 0 aliphatic carbocycles. The third-order valence-electron chi connectivity index (χ3n) is 3.46. The standard InChI is InChI=1S/C16H23N3O/c1-12-15(17-11-16(2,3)9-10-20-4)19-14-8-6-5-7-13(14)18-12/h5-8H,9-11H2,1-4H3,(H,17,19). The van der Waals surface area contributed by atoms with Crippen LogP contribution in [0.25, 0.3) is 11.0 Å². The molecule has 4 nitrogen and oxygen atoms in total. The zero-order valence-corrected chi connectivity index (χ0v) is 12.7. The highest BCUT2D eigenvalue weighted by Gasteiger charge is 2.18. The molecule has 0 bridgehead atoms. The van der Waals surface area contributed by atoms with E-state index in [2.05, 4.69) is 29.1 Å². The fourth-order valence-electron chi connectivity index (χ4n) is 2.05. The average Bonchev–Trinajstić information content (AvgIpc) is 2.43. The minimum Gasteiger partial charge on any atom is -0.385 e. The van der Waals surface area contributed by atoms with Gasteiger partial charge in [0, 0.05) is 20.3 Å². The molecule has 108 valence electrons. The molecule has 2 aromatic rings. The van der Waals surface area contributed by atoms with Crippen molar-refractivity contribution in [1.82, 2.24) is 9.97 Å². The number of nitrogens with one attached hydrogen (secondary N) is 1. The summed E-state index contributed by atoms with van der Waals surface area (Å²) in [6, 6.07) is 7.95. The number of hydrogen-bond acceptors (Lipinski definition) is 4. The van der Waals surface area contributed by atoms with Gasteiger partial charge in [-0.1, -0.05) is 26.0 Å². The van der Waals surface area contributed by atoms with E-state index in [1.807, 2.05) is 31.2 Å². The molecule has 0 fully saturated rings. The van der Waals surface area contributed by atoms with Gasteiger partial charge in [0.1, 0.15) is 5.82 Å². The van der Waals surface area contributed by atoms with E-state index in [0.717, 1.165) is 42.1 Å². The molecule has 1 N–H and O–H groups in total. The lowest BCUT2D eigenvalue weighted by Gasteiger charge is -2.25. The van der Waals surface area contributed by atoms with Gasteiger partial charge in [-0.25, -0.2) is 9.97 Å². The quantitative estimate of drug-likeness (QED) is 0.876. The zero-order valence-electron chi connectivity index (χ0n) is 12.7. The Morgan fingerprint density at radius 2 is 1.80 bits per heavy atom. The molecule has 4 heteroatoms. The molecule has 0 unspecified atom stereocenters. The number of nitrogens with zero attached hydrogens (tertiary/aromatic N) is 2. The Balaban J connectivity index is 2.11. The fourth-order valence-corrected chi connectivity index (χ4v) is 2.05. The lowest BCUT2D eigenvalue weighted by Crippen LogP contribution is -2.25. The van der Waals surface area contributed by atoms with E-state index in [-0.39, 0.29) is 5.41 Å². The summed E-state index contributed by atoms with van der Waals surface area (Å²) in [5.74, 6) is 0.870. The van der Waals surface area contributed by atoms with Crippen molar-refractivity contribution in [2.24, 2.45) is 5.41 Å². The Kier molecular flexibility index (Phi) is 4.55. The summed E-state index contributed by atoms with van der Waals surface area (Å²) in [4.78, 5) is 9.24. The molecule has 20 heavy (non-hydrogen) atoms. The Morgan fingerprint density at radius 3 is 2.45 bits per heavy atom. The van der Waals surface area contributed by atoms with Gasteiger partial charge in [0.05, 0.1) is 16.7 Å². The lowest BCUT2D eigenvalue weighted by atomic mass is 9.90. The first-order valence-electron chi connectivity index (χ1n) is 6.98. The first-order chi connectivity index (χ1) is 9.52. The number of rotatable bonds is 6. The summed E-state index contributed by atoms with van der Waals surface area (Å²) < 4.78 is 5.16. The third kappa shape index (κ3) is 3.67. The van der Waals surface area contributed by atoms with E-state index >= 15 is 0 Å². The van der Waals surface area contributed by atoms with E-state index in [0.29, 0.717) is 0 Å². The number of methoxy groups -OCH3 is 1. The number of para-hydroxylation sites is 2. The van der Waals surface area contributed by atoms with Crippen LogP contribution in [0.15, 0.2) is 24.3 Å². The summed E-state index contributed by atoms with van der Waals surface area (Å²) in [5.41, 5.74) is 2.96. The van der Waals surface area contributed by atoms with E-state index in [1.54, 1.807) is 7.11 Å². The van der Waals surface area contributed by atoms with Crippen LogP contribution in [0.5, 0.6) is 0 Å². The van der Waals surface area contributed by atoms with Crippen molar-refractivity contribution in [1.29, 1.82) is 0 Å². The van der Waals surface area contributed by atoms with Crippen LogP contribution in [-0.4, -0.2) is 30.2 Å². The second kappa shape index (κ2) is 6.18. The summed E-state index contributed by atoms with van der Waals surface area (Å²) >= 11 is 0. The first-order valence-corrected chi connectivity index (χ1v) is 6.98. The van der Waals surface area contributed by atoms with Crippen molar-refractivity contribution in [3.63, 3.8) is 0 Å². The van der Waals surface area contributed by atoms with E-state index in [9.17, 15) is 0 Å². The van der Waals surface area contributed by atoms with Crippen molar-refractivity contribution in [2.45, 2.75) is 27.2 Å². The fraction of sp³-hybridized carbons (Fsp3) is 0.500. The van der Waals surface area contributed by atoms with Gasteiger partial charge in [-0.15, -0.1) is 0 Å². The van der Waals surface area contributed by atoms with Crippen LogP contribution in [0.3, 0.4) is 0 Å². The molecule has 0 saturated heterocycles. The van der Waals surface area contributed by atoms with Gasteiger partial charge in [0.25, 0.3) is 0 Å². The minimum absolute atomic E-state index is 0.162. The molecule has 0 aliphatic heterocycles. The van der Waals surface area contributed by atoms with E-state index < -0.39 is 0 Å². The molecule has 2 rings (SSSR count). The van der Waals surface area contributed by atoms with Crippen molar-refractivity contribution in [3.05, 3.63) is 30.0 Å². The van der Waals surface area contributed by atoms with Crippen molar-refractivity contribution < 1.29 is 4.74 Å². The third-order valence-corrected chi connectivity index (χ3v) is 3.46. The summed E-state index contributed by atoms with van der Waals surface area (Å²) in [5, 5.41) is 3.43. The van der Waals surface area contributed by atoms with Crippen LogP contribution >= 0.6 is 0 Å². The van der Waals surface area contributed by atoms with Crippen LogP contribution in [-0.2, 0) is 4.74 Å². The molecule has 1 heterocycles. The smallest absolute Gasteiger partial charge is 0.148 e. The van der Waals surface area contributed by atoms with Gasteiger partial charge in [0.15, 0.2) is 0 Å². The maximum absolute atomic E-state index is 5.16. The molecule has 0 saturated carbocycles. The Bertz CT molecular complexity index is 581. The number of hydrogen-bond donors (Lipinski definition) is 1. The molecule has 0 atom stereocenters. The highest BCUT2D eigenvalue weighted by molar-refractivity contribution is 5.76. The predicted molar refractivity (Wildman–Crippen MR) is 83.0 cm³/mol. The molecule has 0 amide bonds. The van der Waals surface area contributed by atoms with Crippen LogP contribution < -0.4 is 5.32 Å². The van der Waals surface area contributed by atoms with Crippen molar-refractivity contribution in [2.75, 3.05) is 25.6 Å². The van der Waals surface area contributed by atoms with Gasteiger partial charge in [-0.05, 0) is 30.9 Å². The van der Waals surface area contributed by atoms with Gasteiger partial charge in [0.2, 0.25) is 0 Å². The molecule has 0 radical (unpaired) electrons. The Hall–Kier alpha value is -1.68. The Morgan fingerprint density at radius 1 is 1.15 bits per heavy atom. The number of aryl methyl sites for hydroxylation is 1. The summed E-state index contributed by atoms with van der Waals surface area (Å²) in [7, 11) is 1.74. The Labute approximate surface area is 120 Å². The largest absolute Gasteiger partial charge is 0.385 e. The van der Waals surface area contributed by atoms with Crippen LogP contribution in [0.1, 0.15) is 26.0 Å². The average molecular weight is 273 g/mol. The lowest BCUT2D eigenvalue weighted by molar-refractivity contribution is 0.157. The maximum atomic E-state index is 5.16. The molecular formula is C16H23N3O. The minimum atomic E-state index is 0.162. The van der Waals surface area contributed by atoms with Gasteiger partial charge >= 0.3 is 0 Å². The number of aromatic nitrogens is 2. The number of benzene rings is 1. The van der Waals surface area contributed by atoms with Crippen LogP contribution in [0, 0.1) is 12.3 Å². The molecule has 0 spiro atoms. The second-order valence-corrected chi connectivity index (χ2v) is 5.91. The van der Waals surface area contributed by atoms with Crippen molar-refractivity contribution in [3.8, 4) is 0 Å². The van der Waals surface area contributed by atoms with Gasteiger partial charge < -0.3 is 10.1 Å². The second-order valence-electron chi connectivity index (χ2n) is 5.91. The zero-order chi connectivity index (χ0) is 14.6. The number of fused-ring (bicyclic) bond motifs is 1. The highest BCUT2D eigenvalue weighted by atomic mass is 16.5. The maximum Gasteiger partial charge on any atom is 0.148 e. The summed E-state index contributed by atoms with van der Waals surface area (Å²) in [6.45, 7) is 8.07. The van der Waals surface area contributed by atoms with E-state index in [4.69, 9.17) is 4.74 Å². The number of ether oxygens (including phenoxy) is 1. The molecule has 0 aliphatic rings. The van der Waals surface area contributed by atoms with Gasteiger partial charge in [-0.2, -0.15) is 0 Å². The summed E-state index contributed by atoms with van der Waals surface area (Å²) in [6.07, 6.45) is 1.01. The molecule has 1 aromatic heterocycles. The molecule has 1 aromatic carbocycles. The molecular weight excluding hydrogens is 250 g/mol. The van der Waals surface area contributed by atoms with E-state index in [1.165, 1.54) is 0 Å². The topological polar surface area (TPSA) is 47.0 Å². The normalized spacial score (nSPS) is 11.8. The monoisotopic (exact) mass is 273 g/mol. The van der Waals surface area contributed by atoms with Gasteiger partial charge in [-0.3, -0.25) is 0 Å². The van der Waals surface area contributed by atoms with Crippen LogP contribution in [0.4, 0.5) is 5.82 Å².